The van der Waals surface area contributed by atoms with E-state index in [9.17, 15) is 0 Å². The summed E-state index contributed by atoms with van der Waals surface area (Å²) >= 11 is 5.93. The quantitative estimate of drug-likeness (QED) is 0.466. The first-order valence-corrected chi connectivity index (χ1v) is 7.97. The van der Waals surface area contributed by atoms with Crippen LogP contribution in [-0.4, -0.2) is 30.1 Å². The van der Waals surface area contributed by atoms with Crippen molar-refractivity contribution in [3.05, 3.63) is 53.4 Å². The fraction of sp³-hybridized carbons (Fsp3) is 0.294. The molecule has 0 amide bonds. The molecule has 0 aliphatic heterocycles. The Bertz CT molecular complexity index is 703. The van der Waals surface area contributed by atoms with Crippen LogP contribution in [0.2, 0.25) is 0 Å². The van der Waals surface area contributed by atoms with E-state index in [1.165, 1.54) is 0 Å². The fourth-order valence-corrected chi connectivity index (χ4v) is 2.45. The van der Waals surface area contributed by atoms with Crippen LogP contribution in [0.3, 0.4) is 0 Å². The number of benzene rings is 1. The SMILES string of the molecule is CN/N=C\C(=C/Cc1ccn(C)n1)c1ccc(CCl)cc1NC. The molecule has 0 saturated heterocycles. The second-order valence-corrected chi connectivity index (χ2v) is 5.36. The summed E-state index contributed by atoms with van der Waals surface area (Å²) in [6.07, 6.45) is 6.63. The summed E-state index contributed by atoms with van der Waals surface area (Å²) in [5.41, 5.74) is 8.02. The zero-order valence-electron chi connectivity index (χ0n) is 13.7. The Morgan fingerprint density at radius 3 is 2.78 bits per heavy atom. The number of aryl methyl sites for hydroxylation is 1. The van der Waals surface area contributed by atoms with Gasteiger partial charge < -0.3 is 10.7 Å². The highest BCUT2D eigenvalue weighted by atomic mass is 35.5. The number of nitrogens with zero attached hydrogens (tertiary/aromatic N) is 3. The Morgan fingerprint density at radius 1 is 1.35 bits per heavy atom. The number of rotatable bonds is 7. The highest BCUT2D eigenvalue weighted by molar-refractivity contribution is 6.17. The van der Waals surface area contributed by atoms with Crippen molar-refractivity contribution in [2.24, 2.45) is 12.1 Å². The summed E-state index contributed by atoms with van der Waals surface area (Å²) in [7, 11) is 5.60. The van der Waals surface area contributed by atoms with Crippen molar-refractivity contribution >= 4 is 29.1 Å². The molecular formula is C17H22ClN5. The van der Waals surface area contributed by atoms with Gasteiger partial charge in [-0.05, 0) is 17.7 Å². The topological polar surface area (TPSA) is 54.2 Å². The molecule has 0 fully saturated rings. The van der Waals surface area contributed by atoms with Crippen molar-refractivity contribution in [1.29, 1.82) is 0 Å². The van der Waals surface area contributed by atoms with Gasteiger partial charge in [-0.3, -0.25) is 4.68 Å². The van der Waals surface area contributed by atoms with Gasteiger partial charge in [0.25, 0.3) is 0 Å². The molecule has 1 aromatic carbocycles. The summed E-state index contributed by atoms with van der Waals surface area (Å²) in [5.74, 6) is 0.493. The molecule has 2 N–H and O–H groups in total. The van der Waals surface area contributed by atoms with Crippen LogP contribution in [-0.2, 0) is 19.3 Å². The number of aromatic nitrogens is 2. The van der Waals surface area contributed by atoms with Gasteiger partial charge in [-0.25, -0.2) is 0 Å². The Balaban J connectivity index is 2.36. The van der Waals surface area contributed by atoms with Gasteiger partial charge in [0, 0.05) is 56.5 Å². The van der Waals surface area contributed by atoms with Crippen molar-refractivity contribution in [1.82, 2.24) is 15.2 Å². The van der Waals surface area contributed by atoms with E-state index in [4.69, 9.17) is 11.6 Å². The van der Waals surface area contributed by atoms with Gasteiger partial charge in [0.15, 0.2) is 0 Å². The average Bonchev–Trinajstić information content (AvgIpc) is 3.00. The number of hydrogen-bond acceptors (Lipinski definition) is 4. The van der Waals surface area contributed by atoms with E-state index >= 15 is 0 Å². The van der Waals surface area contributed by atoms with Gasteiger partial charge >= 0.3 is 0 Å². The summed E-state index contributed by atoms with van der Waals surface area (Å²) in [5, 5.41) is 11.8. The molecule has 2 rings (SSSR count). The molecule has 0 spiro atoms. The molecule has 0 atom stereocenters. The highest BCUT2D eigenvalue weighted by Crippen LogP contribution is 2.25. The monoisotopic (exact) mass is 331 g/mol. The third-order valence-corrected chi connectivity index (χ3v) is 3.76. The molecule has 23 heavy (non-hydrogen) atoms. The highest BCUT2D eigenvalue weighted by Gasteiger charge is 2.07. The van der Waals surface area contributed by atoms with Crippen LogP contribution < -0.4 is 10.7 Å². The number of anilines is 1. The van der Waals surface area contributed by atoms with Crippen LogP contribution >= 0.6 is 11.6 Å². The molecule has 1 heterocycles. The Morgan fingerprint density at radius 2 is 2.17 bits per heavy atom. The smallest absolute Gasteiger partial charge is 0.0662 e. The van der Waals surface area contributed by atoms with Gasteiger partial charge in [-0.15, -0.1) is 11.6 Å². The minimum atomic E-state index is 0.493. The van der Waals surface area contributed by atoms with Gasteiger partial charge in [0.2, 0.25) is 0 Å². The molecule has 0 aliphatic rings. The molecule has 0 saturated carbocycles. The molecule has 5 nitrogen and oxygen atoms in total. The number of alkyl halides is 1. The summed E-state index contributed by atoms with van der Waals surface area (Å²) in [6.45, 7) is 0. The van der Waals surface area contributed by atoms with Crippen LogP contribution in [0.4, 0.5) is 5.69 Å². The van der Waals surface area contributed by atoms with E-state index in [1.807, 2.05) is 38.6 Å². The molecule has 0 radical (unpaired) electrons. The molecule has 6 heteroatoms. The predicted molar refractivity (Wildman–Crippen MR) is 98.0 cm³/mol. The normalized spacial score (nSPS) is 11.9. The van der Waals surface area contributed by atoms with Crippen LogP contribution in [0.25, 0.3) is 5.57 Å². The van der Waals surface area contributed by atoms with E-state index in [2.05, 4.69) is 39.2 Å². The second-order valence-electron chi connectivity index (χ2n) is 5.09. The van der Waals surface area contributed by atoms with Gasteiger partial charge in [-0.1, -0.05) is 18.2 Å². The third-order valence-electron chi connectivity index (χ3n) is 3.45. The number of hydrazone groups is 1. The first-order chi connectivity index (χ1) is 11.2. The Hall–Kier alpha value is -2.27. The van der Waals surface area contributed by atoms with Crippen molar-refractivity contribution < 1.29 is 0 Å². The zero-order valence-corrected chi connectivity index (χ0v) is 14.4. The van der Waals surface area contributed by atoms with Crippen molar-refractivity contribution in [3.8, 4) is 0 Å². The minimum absolute atomic E-state index is 0.493. The van der Waals surface area contributed by atoms with E-state index in [0.717, 1.165) is 34.5 Å². The van der Waals surface area contributed by atoms with Crippen LogP contribution in [0, 0.1) is 0 Å². The maximum absolute atomic E-state index is 5.93. The lowest BCUT2D eigenvalue weighted by Crippen LogP contribution is -2.01. The summed E-state index contributed by atoms with van der Waals surface area (Å²) in [4.78, 5) is 0. The van der Waals surface area contributed by atoms with Gasteiger partial charge in [0.05, 0.1) is 11.9 Å². The zero-order chi connectivity index (χ0) is 16.7. The van der Waals surface area contributed by atoms with E-state index in [0.29, 0.717) is 5.88 Å². The maximum Gasteiger partial charge on any atom is 0.0662 e. The lowest BCUT2D eigenvalue weighted by molar-refractivity contribution is 0.751. The number of allylic oxidation sites excluding steroid dienone is 2. The molecule has 122 valence electrons. The number of nitrogens with one attached hydrogen (secondary N) is 2. The standard InChI is InChI=1S/C17H22ClN5/c1-19-17-10-13(11-18)4-7-16(17)14(12-21-20-2)5-6-15-8-9-23(3)22-15/h4-5,7-10,12,19-20H,6,11H2,1-3H3/b14-5+,21-12-. The molecular weight excluding hydrogens is 310 g/mol. The van der Waals surface area contributed by atoms with Crippen LogP contribution in [0.15, 0.2) is 41.6 Å². The van der Waals surface area contributed by atoms with Gasteiger partial charge in [-0.2, -0.15) is 10.2 Å². The lowest BCUT2D eigenvalue weighted by Gasteiger charge is -2.11. The van der Waals surface area contributed by atoms with Crippen molar-refractivity contribution in [2.45, 2.75) is 12.3 Å². The van der Waals surface area contributed by atoms with Gasteiger partial charge in [0.1, 0.15) is 0 Å². The van der Waals surface area contributed by atoms with E-state index < -0.39 is 0 Å². The molecule has 0 aliphatic carbocycles. The van der Waals surface area contributed by atoms with E-state index in [1.54, 1.807) is 11.7 Å². The predicted octanol–water partition coefficient (Wildman–Crippen LogP) is 3.03. The molecule has 1 aromatic heterocycles. The maximum atomic E-state index is 5.93. The Labute approximate surface area is 142 Å². The minimum Gasteiger partial charge on any atom is -0.388 e. The van der Waals surface area contributed by atoms with Crippen molar-refractivity contribution in [3.63, 3.8) is 0 Å². The van der Waals surface area contributed by atoms with Crippen molar-refractivity contribution in [2.75, 3.05) is 19.4 Å². The fourth-order valence-electron chi connectivity index (χ4n) is 2.29. The number of halogens is 1. The van der Waals surface area contributed by atoms with E-state index in [-0.39, 0.29) is 0 Å². The number of hydrogen-bond donors (Lipinski definition) is 2. The third kappa shape index (κ3) is 4.60. The molecule has 0 unspecified atom stereocenters. The average molecular weight is 332 g/mol. The molecule has 0 bridgehead atoms. The lowest BCUT2D eigenvalue weighted by atomic mass is 10.0. The summed E-state index contributed by atoms with van der Waals surface area (Å²) in [6, 6.07) is 8.17. The van der Waals surface area contributed by atoms with Crippen LogP contribution in [0.1, 0.15) is 16.8 Å². The van der Waals surface area contributed by atoms with Crippen LogP contribution in [0.5, 0.6) is 0 Å². The second kappa shape index (κ2) is 8.39. The summed E-state index contributed by atoms with van der Waals surface area (Å²) < 4.78 is 1.80. The first kappa shape index (κ1) is 17.1. The molecule has 2 aromatic rings. The Kier molecular flexibility index (Phi) is 6.23. The first-order valence-electron chi connectivity index (χ1n) is 7.43. The largest absolute Gasteiger partial charge is 0.388 e.